The molecule has 0 saturated carbocycles. The predicted octanol–water partition coefficient (Wildman–Crippen LogP) is 2.51. The van der Waals surface area contributed by atoms with E-state index in [0.717, 1.165) is 30.6 Å². The van der Waals surface area contributed by atoms with Crippen molar-refractivity contribution in [3.63, 3.8) is 0 Å². The van der Waals surface area contributed by atoms with Gasteiger partial charge >= 0.3 is 12.0 Å². The van der Waals surface area contributed by atoms with Crippen molar-refractivity contribution in [3.05, 3.63) is 29.8 Å². The van der Waals surface area contributed by atoms with Gasteiger partial charge in [-0.15, -0.1) is 0 Å². The zero-order chi connectivity index (χ0) is 16.7. The van der Waals surface area contributed by atoms with Crippen molar-refractivity contribution in [2.75, 3.05) is 25.0 Å². The summed E-state index contributed by atoms with van der Waals surface area (Å²) in [5, 5.41) is 15.2. The van der Waals surface area contributed by atoms with E-state index in [4.69, 9.17) is 5.11 Å². The van der Waals surface area contributed by atoms with Crippen LogP contribution in [0.2, 0.25) is 0 Å². The third-order valence-electron chi connectivity index (χ3n) is 4.03. The third-order valence-corrected chi connectivity index (χ3v) is 4.03. The van der Waals surface area contributed by atoms with Gasteiger partial charge in [-0.3, -0.25) is 4.79 Å². The molecule has 2 amide bonds. The first-order chi connectivity index (χ1) is 11.1. The summed E-state index contributed by atoms with van der Waals surface area (Å²) in [6, 6.07) is 7.77. The Labute approximate surface area is 136 Å². The Balaban J connectivity index is 1.80. The molecule has 1 saturated heterocycles. The molecule has 0 spiro atoms. The summed E-state index contributed by atoms with van der Waals surface area (Å²) in [6.07, 6.45) is 2.46. The highest BCUT2D eigenvalue weighted by atomic mass is 16.4. The topological polar surface area (TPSA) is 81.7 Å². The van der Waals surface area contributed by atoms with Gasteiger partial charge in [-0.25, -0.2) is 4.79 Å². The van der Waals surface area contributed by atoms with Gasteiger partial charge in [-0.1, -0.05) is 19.1 Å². The SMILES string of the molecule is CCCNc1ccc(CNC(=O)N2CCCC(C(=O)O)C2)cc1. The summed E-state index contributed by atoms with van der Waals surface area (Å²) >= 11 is 0. The van der Waals surface area contributed by atoms with Gasteiger partial charge in [0.15, 0.2) is 0 Å². The number of hydrogen-bond donors (Lipinski definition) is 3. The van der Waals surface area contributed by atoms with Crippen molar-refractivity contribution in [2.24, 2.45) is 5.92 Å². The number of carbonyl (C=O) groups excluding carboxylic acids is 1. The number of amides is 2. The van der Waals surface area contributed by atoms with Gasteiger partial charge in [0.05, 0.1) is 5.92 Å². The van der Waals surface area contributed by atoms with Crippen LogP contribution in [0.4, 0.5) is 10.5 Å². The van der Waals surface area contributed by atoms with E-state index < -0.39 is 11.9 Å². The maximum Gasteiger partial charge on any atom is 0.317 e. The largest absolute Gasteiger partial charge is 0.481 e. The van der Waals surface area contributed by atoms with Crippen LogP contribution in [-0.2, 0) is 11.3 Å². The summed E-state index contributed by atoms with van der Waals surface area (Å²) in [5.74, 6) is -1.27. The third kappa shape index (κ3) is 5.16. The lowest BCUT2D eigenvalue weighted by Crippen LogP contribution is -2.46. The highest BCUT2D eigenvalue weighted by Crippen LogP contribution is 2.16. The molecule has 1 fully saturated rings. The van der Waals surface area contributed by atoms with Crippen LogP contribution in [0.5, 0.6) is 0 Å². The van der Waals surface area contributed by atoms with Gasteiger partial charge in [-0.2, -0.15) is 0 Å². The molecule has 0 aromatic heterocycles. The zero-order valence-corrected chi connectivity index (χ0v) is 13.5. The number of carbonyl (C=O) groups is 2. The molecular formula is C17H25N3O3. The Bertz CT molecular complexity index is 530. The maximum absolute atomic E-state index is 12.2. The number of carboxylic acids is 1. The first-order valence-electron chi connectivity index (χ1n) is 8.18. The molecule has 6 heteroatoms. The van der Waals surface area contributed by atoms with E-state index in [1.54, 1.807) is 4.90 Å². The van der Waals surface area contributed by atoms with E-state index in [1.165, 1.54) is 0 Å². The summed E-state index contributed by atoms with van der Waals surface area (Å²) in [7, 11) is 0. The standard InChI is InChI=1S/C17H25N3O3/c1-2-9-18-15-7-5-13(6-8-15)11-19-17(23)20-10-3-4-14(12-20)16(21)22/h5-8,14,18H,2-4,9-12H2,1H3,(H,19,23)(H,21,22). The van der Waals surface area contributed by atoms with Crippen LogP contribution in [0, 0.1) is 5.92 Å². The van der Waals surface area contributed by atoms with Crippen LogP contribution in [0.3, 0.4) is 0 Å². The van der Waals surface area contributed by atoms with E-state index >= 15 is 0 Å². The Kier molecular flexibility index (Phi) is 6.26. The van der Waals surface area contributed by atoms with Crippen molar-refractivity contribution < 1.29 is 14.7 Å². The first-order valence-corrected chi connectivity index (χ1v) is 8.18. The van der Waals surface area contributed by atoms with Crippen molar-refractivity contribution >= 4 is 17.7 Å². The lowest BCUT2D eigenvalue weighted by molar-refractivity contribution is -0.143. The minimum Gasteiger partial charge on any atom is -0.481 e. The molecule has 0 aliphatic carbocycles. The number of rotatable bonds is 6. The van der Waals surface area contributed by atoms with Crippen LogP contribution in [0.1, 0.15) is 31.7 Å². The second-order valence-corrected chi connectivity index (χ2v) is 5.91. The second-order valence-electron chi connectivity index (χ2n) is 5.91. The number of hydrogen-bond acceptors (Lipinski definition) is 3. The molecular weight excluding hydrogens is 294 g/mol. The summed E-state index contributed by atoms with van der Waals surface area (Å²) < 4.78 is 0. The van der Waals surface area contributed by atoms with Crippen LogP contribution in [0.25, 0.3) is 0 Å². The van der Waals surface area contributed by atoms with Gasteiger partial charge in [0.1, 0.15) is 0 Å². The minimum absolute atomic E-state index is 0.191. The van der Waals surface area contributed by atoms with Gasteiger partial charge in [0.2, 0.25) is 0 Å². The molecule has 1 aromatic rings. The molecule has 0 bridgehead atoms. The summed E-state index contributed by atoms with van der Waals surface area (Å²) in [5.41, 5.74) is 2.09. The lowest BCUT2D eigenvalue weighted by atomic mass is 9.99. The number of anilines is 1. The Morgan fingerprint density at radius 1 is 1.30 bits per heavy atom. The molecule has 126 valence electrons. The Hall–Kier alpha value is -2.24. The van der Waals surface area contributed by atoms with E-state index in [0.29, 0.717) is 26.1 Å². The zero-order valence-electron chi connectivity index (χ0n) is 13.5. The fraction of sp³-hybridized carbons (Fsp3) is 0.529. The monoisotopic (exact) mass is 319 g/mol. The average Bonchev–Trinajstić information content (AvgIpc) is 2.58. The van der Waals surface area contributed by atoms with E-state index in [1.807, 2.05) is 24.3 Å². The smallest absolute Gasteiger partial charge is 0.317 e. The van der Waals surface area contributed by atoms with Crippen LogP contribution >= 0.6 is 0 Å². The minimum atomic E-state index is -0.822. The molecule has 3 N–H and O–H groups in total. The molecule has 1 unspecified atom stereocenters. The molecule has 0 radical (unpaired) electrons. The number of benzene rings is 1. The summed E-state index contributed by atoms with van der Waals surface area (Å²) in [4.78, 5) is 24.8. The van der Waals surface area contributed by atoms with Crippen LogP contribution in [0.15, 0.2) is 24.3 Å². The van der Waals surface area contributed by atoms with Crippen molar-refractivity contribution in [2.45, 2.75) is 32.7 Å². The van der Waals surface area contributed by atoms with Gasteiger partial charge < -0.3 is 20.6 Å². The second kappa shape index (κ2) is 8.41. The predicted molar refractivity (Wildman–Crippen MR) is 89.4 cm³/mol. The molecule has 1 atom stereocenters. The number of nitrogens with one attached hydrogen (secondary N) is 2. The fourth-order valence-corrected chi connectivity index (χ4v) is 2.66. The average molecular weight is 319 g/mol. The number of carboxylic acid groups (broad SMARTS) is 1. The van der Waals surface area contributed by atoms with Gasteiger partial charge in [-0.05, 0) is 37.0 Å². The van der Waals surface area contributed by atoms with E-state index in [-0.39, 0.29) is 6.03 Å². The quantitative estimate of drug-likeness (QED) is 0.752. The fourth-order valence-electron chi connectivity index (χ4n) is 2.66. The number of nitrogens with zero attached hydrogens (tertiary/aromatic N) is 1. The molecule has 1 aliphatic heterocycles. The van der Waals surface area contributed by atoms with E-state index in [9.17, 15) is 9.59 Å². The van der Waals surface area contributed by atoms with Gasteiger partial charge in [0.25, 0.3) is 0 Å². The molecule has 1 aliphatic rings. The molecule has 1 heterocycles. The number of urea groups is 1. The summed E-state index contributed by atoms with van der Waals surface area (Å²) in [6.45, 7) is 4.42. The van der Waals surface area contributed by atoms with Gasteiger partial charge in [0, 0.05) is 31.9 Å². The number of aliphatic carboxylic acids is 1. The Morgan fingerprint density at radius 2 is 2.04 bits per heavy atom. The highest BCUT2D eigenvalue weighted by molar-refractivity contribution is 5.76. The highest BCUT2D eigenvalue weighted by Gasteiger charge is 2.27. The number of piperidine rings is 1. The molecule has 23 heavy (non-hydrogen) atoms. The molecule has 6 nitrogen and oxygen atoms in total. The molecule has 1 aromatic carbocycles. The maximum atomic E-state index is 12.2. The van der Waals surface area contributed by atoms with Crippen molar-refractivity contribution in [3.8, 4) is 0 Å². The number of likely N-dealkylation sites (tertiary alicyclic amines) is 1. The van der Waals surface area contributed by atoms with Crippen LogP contribution < -0.4 is 10.6 Å². The van der Waals surface area contributed by atoms with Crippen molar-refractivity contribution in [1.29, 1.82) is 0 Å². The lowest BCUT2D eigenvalue weighted by Gasteiger charge is -2.30. The van der Waals surface area contributed by atoms with Crippen molar-refractivity contribution in [1.82, 2.24) is 10.2 Å². The normalized spacial score (nSPS) is 17.6. The first kappa shape index (κ1) is 17.1. The Morgan fingerprint density at radius 3 is 2.70 bits per heavy atom. The van der Waals surface area contributed by atoms with Crippen LogP contribution in [-0.4, -0.2) is 41.6 Å². The van der Waals surface area contributed by atoms with E-state index in [2.05, 4.69) is 17.6 Å². The molecule has 2 rings (SSSR count).